The summed E-state index contributed by atoms with van der Waals surface area (Å²) >= 11 is 6.13. The first kappa shape index (κ1) is 18.8. The predicted octanol–water partition coefficient (Wildman–Crippen LogP) is 3.39. The fraction of sp³-hybridized carbons (Fsp3) is 0.450. The lowest BCUT2D eigenvalue weighted by Crippen LogP contribution is -2.50. The van der Waals surface area contributed by atoms with Gasteiger partial charge in [-0.05, 0) is 31.9 Å². The first-order valence-electron chi connectivity index (χ1n) is 9.76. The topological polar surface area (TPSA) is 64.6 Å². The lowest BCUT2D eigenvalue weighted by Gasteiger charge is -2.35. The number of carbonyl (C=O) groups is 1. The van der Waals surface area contributed by atoms with Crippen molar-refractivity contribution in [2.45, 2.75) is 19.8 Å². The second kappa shape index (κ2) is 8.22. The third-order valence-electron chi connectivity index (χ3n) is 5.22. The summed E-state index contributed by atoms with van der Waals surface area (Å²) in [6.45, 7) is 6.78. The Bertz CT molecular complexity index is 846. The molecule has 148 valence electrons. The highest BCUT2D eigenvalue weighted by Gasteiger charge is 2.24. The van der Waals surface area contributed by atoms with Crippen LogP contribution in [0, 0.1) is 6.92 Å². The largest absolute Gasteiger partial charge is 0.356 e. The summed E-state index contributed by atoms with van der Waals surface area (Å²) in [5.41, 5.74) is 1.61. The molecule has 0 unspecified atom stereocenters. The van der Waals surface area contributed by atoms with Crippen molar-refractivity contribution in [3.63, 3.8) is 0 Å². The van der Waals surface area contributed by atoms with Gasteiger partial charge in [-0.2, -0.15) is 4.98 Å². The second-order valence-corrected chi connectivity index (χ2v) is 7.65. The number of aryl methyl sites for hydroxylation is 1. The van der Waals surface area contributed by atoms with Crippen LogP contribution in [0.25, 0.3) is 0 Å². The standard InChI is InChI=1S/C20H25ClN6O/c1-15-14-18(25-8-4-5-9-25)24-19(22-15)26-10-12-27(13-11-26)20(28)23-17-7-3-2-6-16(17)21/h2-3,6-7,14H,4-5,8-13H2,1H3,(H,23,28). The van der Waals surface area contributed by atoms with Crippen molar-refractivity contribution in [1.82, 2.24) is 14.9 Å². The molecule has 2 aliphatic heterocycles. The molecule has 0 aliphatic carbocycles. The van der Waals surface area contributed by atoms with Crippen LogP contribution in [0.5, 0.6) is 0 Å². The van der Waals surface area contributed by atoms with Gasteiger partial charge in [0.05, 0.1) is 10.7 Å². The fourth-order valence-corrected chi connectivity index (χ4v) is 3.84. The maximum absolute atomic E-state index is 12.5. The summed E-state index contributed by atoms with van der Waals surface area (Å²) in [7, 11) is 0. The minimum atomic E-state index is -0.129. The molecule has 1 N–H and O–H groups in total. The molecule has 2 amide bonds. The van der Waals surface area contributed by atoms with Crippen LogP contribution in [-0.4, -0.2) is 60.2 Å². The maximum Gasteiger partial charge on any atom is 0.322 e. The van der Waals surface area contributed by atoms with Crippen molar-refractivity contribution in [2.24, 2.45) is 0 Å². The molecule has 8 heteroatoms. The molecule has 2 aromatic rings. The van der Waals surface area contributed by atoms with E-state index in [1.54, 1.807) is 17.0 Å². The molecule has 0 saturated carbocycles. The molecule has 1 aromatic heterocycles. The van der Waals surface area contributed by atoms with Gasteiger partial charge in [0.25, 0.3) is 0 Å². The highest BCUT2D eigenvalue weighted by atomic mass is 35.5. The number of anilines is 3. The smallest absolute Gasteiger partial charge is 0.322 e. The van der Waals surface area contributed by atoms with Crippen molar-refractivity contribution < 1.29 is 4.79 Å². The van der Waals surface area contributed by atoms with Crippen molar-refractivity contribution >= 4 is 35.1 Å². The van der Waals surface area contributed by atoms with Crippen LogP contribution in [0.4, 0.5) is 22.2 Å². The Labute approximate surface area is 170 Å². The molecule has 7 nitrogen and oxygen atoms in total. The minimum Gasteiger partial charge on any atom is -0.356 e. The van der Waals surface area contributed by atoms with Crippen LogP contribution in [0.15, 0.2) is 30.3 Å². The number of hydrogen-bond donors (Lipinski definition) is 1. The zero-order valence-electron chi connectivity index (χ0n) is 16.1. The number of aromatic nitrogens is 2. The zero-order valence-corrected chi connectivity index (χ0v) is 16.8. The first-order chi connectivity index (χ1) is 13.6. The molecular weight excluding hydrogens is 376 g/mol. The van der Waals surface area contributed by atoms with Crippen molar-refractivity contribution in [3.05, 3.63) is 41.0 Å². The van der Waals surface area contributed by atoms with Gasteiger partial charge in [-0.15, -0.1) is 0 Å². The Hall–Kier alpha value is -2.54. The molecule has 2 saturated heterocycles. The van der Waals surface area contributed by atoms with E-state index in [2.05, 4.69) is 26.2 Å². The average Bonchev–Trinajstić information content (AvgIpc) is 3.24. The summed E-state index contributed by atoms with van der Waals surface area (Å²) in [4.78, 5) is 28.3. The number of amides is 2. The average molecular weight is 401 g/mol. The molecule has 0 radical (unpaired) electrons. The number of carbonyl (C=O) groups excluding carboxylic acids is 1. The monoisotopic (exact) mass is 400 g/mol. The molecule has 0 atom stereocenters. The van der Waals surface area contributed by atoms with Gasteiger partial charge < -0.3 is 20.0 Å². The number of hydrogen-bond acceptors (Lipinski definition) is 5. The lowest BCUT2D eigenvalue weighted by molar-refractivity contribution is 0.208. The number of piperazine rings is 1. The van der Waals surface area contributed by atoms with E-state index < -0.39 is 0 Å². The van der Waals surface area contributed by atoms with E-state index in [1.165, 1.54) is 12.8 Å². The van der Waals surface area contributed by atoms with Gasteiger partial charge in [-0.25, -0.2) is 9.78 Å². The van der Waals surface area contributed by atoms with Crippen LogP contribution >= 0.6 is 11.6 Å². The van der Waals surface area contributed by atoms with Gasteiger partial charge in [0.2, 0.25) is 5.95 Å². The highest BCUT2D eigenvalue weighted by molar-refractivity contribution is 6.33. The number of para-hydroxylation sites is 1. The quantitative estimate of drug-likeness (QED) is 0.855. The Morgan fingerprint density at radius 2 is 1.71 bits per heavy atom. The third-order valence-corrected chi connectivity index (χ3v) is 5.55. The predicted molar refractivity (Wildman–Crippen MR) is 112 cm³/mol. The molecule has 1 aromatic carbocycles. The van der Waals surface area contributed by atoms with Gasteiger partial charge in [0.15, 0.2) is 0 Å². The van der Waals surface area contributed by atoms with Gasteiger partial charge in [-0.1, -0.05) is 23.7 Å². The molecule has 4 rings (SSSR count). The van der Waals surface area contributed by atoms with E-state index in [1.807, 2.05) is 19.1 Å². The van der Waals surface area contributed by atoms with E-state index in [0.29, 0.717) is 36.9 Å². The summed E-state index contributed by atoms with van der Waals surface area (Å²) in [6, 6.07) is 9.19. The summed E-state index contributed by atoms with van der Waals surface area (Å²) < 4.78 is 0. The van der Waals surface area contributed by atoms with Crippen LogP contribution < -0.4 is 15.1 Å². The first-order valence-corrected chi connectivity index (χ1v) is 10.1. The SMILES string of the molecule is Cc1cc(N2CCCC2)nc(N2CCN(C(=O)Nc3ccccc3Cl)CC2)n1. The van der Waals surface area contributed by atoms with Crippen molar-refractivity contribution in [1.29, 1.82) is 0 Å². The van der Waals surface area contributed by atoms with Crippen molar-refractivity contribution in [2.75, 3.05) is 54.4 Å². The van der Waals surface area contributed by atoms with Gasteiger partial charge in [0.1, 0.15) is 5.82 Å². The van der Waals surface area contributed by atoms with Crippen LogP contribution in [0.1, 0.15) is 18.5 Å². The van der Waals surface area contributed by atoms with Crippen LogP contribution in [0.3, 0.4) is 0 Å². The second-order valence-electron chi connectivity index (χ2n) is 7.25. The molecule has 0 bridgehead atoms. The van der Waals surface area contributed by atoms with E-state index in [-0.39, 0.29) is 6.03 Å². The zero-order chi connectivity index (χ0) is 19.5. The molecule has 28 heavy (non-hydrogen) atoms. The highest BCUT2D eigenvalue weighted by Crippen LogP contribution is 2.23. The van der Waals surface area contributed by atoms with Crippen LogP contribution in [0.2, 0.25) is 5.02 Å². The number of urea groups is 1. The van der Waals surface area contributed by atoms with Crippen LogP contribution in [-0.2, 0) is 0 Å². The number of nitrogens with zero attached hydrogens (tertiary/aromatic N) is 5. The molecule has 2 aliphatic rings. The van der Waals surface area contributed by atoms with E-state index in [9.17, 15) is 4.79 Å². The molecular formula is C20H25ClN6O. The summed E-state index contributed by atoms with van der Waals surface area (Å²) in [6.07, 6.45) is 2.44. The fourth-order valence-electron chi connectivity index (χ4n) is 3.65. The molecule has 2 fully saturated rings. The normalized spacial score (nSPS) is 17.1. The maximum atomic E-state index is 12.5. The summed E-state index contributed by atoms with van der Waals surface area (Å²) in [5.74, 6) is 1.77. The van der Waals surface area contributed by atoms with Gasteiger partial charge in [-0.3, -0.25) is 0 Å². The molecule has 3 heterocycles. The third kappa shape index (κ3) is 4.14. The molecule has 0 spiro atoms. The lowest BCUT2D eigenvalue weighted by atomic mass is 10.3. The number of rotatable bonds is 3. The Balaban J connectivity index is 1.39. The number of benzene rings is 1. The Morgan fingerprint density at radius 3 is 2.43 bits per heavy atom. The minimum absolute atomic E-state index is 0.129. The van der Waals surface area contributed by atoms with E-state index in [4.69, 9.17) is 16.6 Å². The Kier molecular flexibility index (Phi) is 5.52. The number of nitrogens with one attached hydrogen (secondary N) is 1. The van der Waals surface area contributed by atoms with Crippen molar-refractivity contribution in [3.8, 4) is 0 Å². The number of halogens is 1. The van der Waals surface area contributed by atoms with Gasteiger partial charge in [0, 0.05) is 51.0 Å². The summed E-state index contributed by atoms with van der Waals surface area (Å²) in [5, 5.41) is 3.43. The van der Waals surface area contributed by atoms with E-state index >= 15 is 0 Å². The van der Waals surface area contributed by atoms with Gasteiger partial charge >= 0.3 is 6.03 Å². The Morgan fingerprint density at radius 1 is 1.00 bits per heavy atom. The van der Waals surface area contributed by atoms with E-state index in [0.717, 1.165) is 30.5 Å².